The van der Waals surface area contributed by atoms with Crippen molar-refractivity contribution in [3.05, 3.63) is 102 Å². The maximum absolute atomic E-state index is 16.3. The van der Waals surface area contributed by atoms with E-state index in [0.29, 0.717) is 29.0 Å². The molecule has 0 saturated carbocycles. The van der Waals surface area contributed by atoms with Crippen LogP contribution in [0.15, 0.2) is 84.9 Å². The van der Waals surface area contributed by atoms with Gasteiger partial charge in [0.05, 0.1) is 48.7 Å². The minimum absolute atomic E-state index is 0.0376. The number of likely N-dealkylation sites (tertiary alicyclic amines) is 1. The van der Waals surface area contributed by atoms with Gasteiger partial charge in [0, 0.05) is 34.6 Å². The van der Waals surface area contributed by atoms with Crippen molar-refractivity contribution in [1.82, 2.24) is 4.90 Å². The van der Waals surface area contributed by atoms with Crippen LogP contribution in [-0.2, 0) is 26.5 Å². The summed E-state index contributed by atoms with van der Waals surface area (Å²) in [5, 5.41) is 11.8. The van der Waals surface area contributed by atoms with E-state index in [-0.39, 0.29) is 43.3 Å². The number of benzene rings is 4. The van der Waals surface area contributed by atoms with Crippen LogP contribution in [0.25, 0.3) is 10.8 Å². The molecular weight excluding hydrogens is 638 g/mol. The van der Waals surface area contributed by atoms with Crippen molar-refractivity contribution in [3.8, 4) is 0 Å². The summed E-state index contributed by atoms with van der Waals surface area (Å²) < 4.78 is 23.1. The van der Waals surface area contributed by atoms with Crippen LogP contribution >= 0.6 is 0 Å². The molecule has 49 heavy (non-hydrogen) atoms. The first-order valence-electron chi connectivity index (χ1n) is 17.2. The normalized spacial score (nSPS) is 26.1. The van der Waals surface area contributed by atoms with E-state index >= 15 is 4.11 Å². The quantitative estimate of drug-likeness (QED) is 0.171. The summed E-state index contributed by atoms with van der Waals surface area (Å²) in [6, 6.07) is 26.6. The zero-order valence-corrected chi connectivity index (χ0v) is 28.9. The van der Waals surface area contributed by atoms with Gasteiger partial charge < -0.3 is 23.8 Å². The van der Waals surface area contributed by atoms with E-state index in [9.17, 15) is 19.5 Å². The van der Waals surface area contributed by atoms with Crippen molar-refractivity contribution in [2.45, 2.75) is 69.1 Å². The maximum atomic E-state index is 16.3. The number of carbonyl (C=O) groups excluding carboxylic acids is 3. The molecule has 4 heterocycles. The van der Waals surface area contributed by atoms with Crippen LogP contribution in [0.4, 0.5) is 21.2 Å². The smallest absolute Gasteiger partial charge is 0.264 e. The molecule has 0 aliphatic carbocycles. The Kier molecular flexibility index (Phi) is 7.55. The average Bonchev–Trinajstić information content (AvgIpc) is 3.81. The molecule has 10 heteroatoms. The van der Waals surface area contributed by atoms with Gasteiger partial charge in [-0.25, -0.2) is 0 Å². The highest BCUT2D eigenvalue weighted by Crippen LogP contribution is 2.60. The Labute approximate surface area is 286 Å². The molecule has 4 aliphatic rings. The monoisotopic (exact) mass is 677 g/mol. The van der Waals surface area contributed by atoms with Gasteiger partial charge in [0.15, 0.2) is 5.60 Å². The van der Waals surface area contributed by atoms with Crippen LogP contribution in [0.3, 0.4) is 0 Å². The largest absolute Gasteiger partial charge is 0.394 e. The van der Waals surface area contributed by atoms with Gasteiger partial charge in [-0.1, -0.05) is 61.5 Å². The molecule has 0 aromatic heterocycles. The van der Waals surface area contributed by atoms with Crippen LogP contribution in [0.2, 0.25) is 18.6 Å². The van der Waals surface area contributed by atoms with E-state index in [1.807, 2.05) is 91.9 Å². The van der Waals surface area contributed by atoms with Crippen molar-refractivity contribution in [2.75, 3.05) is 23.0 Å². The summed E-state index contributed by atoms with van der Waals surface area (Å²) in [4.78, 5) is 47.2. The van der Waals surface area contributed by atoms with Crippen molar-refractivity contribution in [2.24, 2.45) is 5.92 Å². The molecule has 4 aromatic carbocycles. The fourth-order valence-corrected chi connectivity index (χ4v) is 11.6. The number of ether oxygens (including phenoxy) is 1. The second kappa shape index (κ2) is 11.6. The van der Waals surface area contributed by atoms with Crippen LogP contribution in [-0.4, -0.2) is 61.4 Å². The van der Waals surface area contributed by atoms with Crippen molar-refractivity contribution >= 4 is 54.0 Å². The van der Waals surface area contributed by atoms with E-state index in [0.717, 1.165) is 34.9 Å². The molecule has 1 N–H and O–H groups in total. The number of aliphatic hydroxyl groups excluding tert-OH is 1. The Morgan fingerprint density at radius 3 is 2.51 bits per heavy atom. The molecule has 8 rings (SSSR count). The van der Waals surface area contributed by atoms with E-state index in [1.165, 1.54) is 0 Å². The molecule has 2 fully saturated rings. The number of amides is 3. The minimum atomic E-state index is -3.45. The van der Waals surface area contributed by atoms with E-state index in [2.05, 4.69) is 0 Å². The van der Waals surface area contributed by atoms with Gasteiger partial charge in [0.25, 0.3) is 11.8 Å². The number of halogens is 1. The fourth-order valence-electron chi connectivity index (χ4n) is 9.15. The number of carbonyl (C=O) groups is 3. The highest BCUT2D eigenvalue weighted by Gasteiger charge is 2.67. The zero-order chi connectivity index (χ0) is 34.2. The number of rotatable bonds is 7. The van der Waals surface area contributed by atoms with Crippen molar-refractivity contribution in [1.29, 1.82) is 0 Å². The third-order valence-corrected chi connectivity index (χ3v) is 13.7. The summed E-state index contributed by atoms with van der Waals surface area (Å²) >= 11 is 0. The number of hydrogen-bond acceptors (Lipinski definition) is 5. The number of nitrogens with zero attached hydrogens (tertiary/aromatic N) is 3. The Morgan fingerprint density at radius 1 is 1.00 bits per heavy atom. The van der Waals surface area contributed by atoms with Crippen LogP contribution in [0.5, 0.6) is 0 Å². The number of aliphatic hydroxyl groups is 1. The lowest BCUT2D eigenvalue weighted by atomic mass is 9.82. The standard InChI is InChI=1S/C39H40FN3O5Si/c1-24-36(49(2,3)40)33(21-34(45)41-19-9-14-28(41)23-44)48-39(24)30-16-4-5-17-31(30)42(38(39)47)22-25-10-6-13-27(20-25)43-32-18-8-12-26-11-7-15-29(35(26)32)37(43)46/h4-8,10-13,15-18,20,24,28,33,36,44H,9,14,19,21-23H2,1-3H3/t24-,28+,33+,36-,39+/m1/s1. The van der Waals surface area contributed by atoms with Gasteiger partial charge in [-0.3, -0.25) is 19.3 Å². The molecule has 8 nitrogen and oxygen atoms in total. The maximum Gasteiger partial charge on any atom is 0.264 e. The Balaban J connectivity index is 1.12. The molecule has 0 unspecified atom stereocenters. The molecule has 252 valence electrons. The predicted molar refractivity (Wildman–Crippen MR) is 189 cm³/mol. The lowest BCUT2D eigenvalue weighted by Crippen LogP contribution is -2.45. The average molecular weight is 678 g/mol. The first-order valence-corrected chi connectivity index (χ1v) is 20.1. The fraction of sp³-hybridized carbons (Fsp3) is 0.359. The van der Waals surface area contributed by atoms with Crippen LogP contribution in [0, 0.1) is 5.92 Å². The first-order chi connectivity index (χ1) is 23.5. The molecule has 4 aliphatic heterocycles. The molecular formula is C39H40FN3O5Si. The summed E-state index contributed by atoms with van der Waals surface area (Å²) in [6.45, 7) is 5.82. The summed E-state index contributed by atoms with van der Waals surface area (Å²) in [6.07, 6.45) is 0.730. The number of fused-ring (bicyclic) bond motifs is 2. The van der Waals surface area contributed by atoms with Gasteiger partial charge in [-0.05, 0) is 67.2 Å². The van der Waals surface area contributed by atoms with Gasteiger partial charge >= 0.3 is 0 Å². The molecule has 0 radical (unpaired) electrons. The number of para-hydroxylation sites is 1. The molecule has 4 aromatic rings. The van der Waals surface area contributed by atoms with Gasteiger partial charge in [0.1, 0.15) is 0 Å². The number of anilines is 3. The Morgan fingerprint density at radius 2 is 1.73 bits per heavy atom. The lowest BCUT2D eigenvalue weighted by Gasteiger charge is -2.31. The zero-order valence-electron chi connectivity index (χ0n) is 27.9. The van der Waals surface area contributed by atoms with Gasteiger partial charge in [-0.2, -0.15) is 0 Å². The Bertz CT molecular complexity index is 2010. The predicted octanol–water partition coefficient (Wildman–Crippen LogP) is 6.83. The third-order valence-electron chi connectivity index (χ3n) is 11.2. The molecule has 1 spiro atoms. The molecule has 5 atom stereocenters. The van der Waals surface area contributed by atoms with E-state index in [1.54, 1.807) is 27.8 Å². The van der Waals surface area contributed by atoms with Gasteiger partial charge in [0.2, 0.25) is 14.3 Å². The van der Waals surface area contributed by atoms with Crippen molar-refractivity contribution < 1.29 is 28.3 Å². The van der Waals surface area contributed by atoms with E-state index in [4.69, 9.17) is 4.74 Å². The number of hydrogen-bond donors (Lipinski definition) is 1. The summed E-state index contributed by atoms with van der Waals surface area (Å²) in [7, 11) is -3.45. The second-order valence-electron chi connectivity index (χ2n) is 14.4. The van der Waals surface area contributed by atoms with Crippen LogP contribution in [0.1, 0.15) is 47.7 Å². The molecule has 2 saturated heterocycles. The molecule has 0 bridgehead atoms. The highest BCUT2D eigenvalue weighted by molar-refractivity contribution is 6.72. The van der Waals surface area contributed by atoms with E-state index < -0.39 is 31.6 Å². The minimum Gasteiger partial charge on any atom is -0.394 e. The van der Waals surface area contributed by atoms with Gasteiger partial charge in [-0.15, -0.1) is 0 Å². The Hall–Kier alpha value is -4.38. The van der Waals surface area contributed by atoms with Crippen molar-refractivity contribution in [3.63, 3.8) is 0 Å². The topological polar surface area (TPSA) is 90.4 Å². The molecule has 3 amide bonds. The SMILES string of the molecule is C[C@@H]1[C@@H]([Si](C)(C)F)[C@H](CC(=O)N2CCC[C@H]2CO)O[C@@]12C(=O)N(Cc1cccc(N3C(=O)c4cccc5cccc3c45)c1)c1ccccc12. The summed E-state index contributed by atoms with van der Waals surface area (Å²) in [5.74, 6) is -1.05. The lowest BCUT2D eigenvalue weighted by molar-refractivity contribution is -0.150. The second-order valence-corrected chi connectivity index (χ2v) is 18.2. The van der Waals surface area contributed by atoms with Crippen LogP contribution < -0.4 is 9.80 Å². The summed E-state index contributed by atoms with van der Waals surface area (Å²) in [5.41, 5.74) is 2.37. The highest BCUT2D eigenvalue weighted by atomic mass is 28.4. The first kappa shape index (κ1) is 31.9. The third kappa shape index (κ3) is 4.79.